The lowest BCUT2D eigenvalue weighted by molar-refractivity contribution is -0.124. The number of halogens is 1. The summed E-state index contributed by atoms with van der Waals surface area (Å²) in [4.78, 5) is 11.7. The molecule has 0 unspecified atom stereocenters. The lowest BCUT2D eigenvalue weighted by Gasteiger charge is -2.20. The van der Waals surface area contributed by atoms with Crippen LogP contribution in [0.2, 0.25) is 5.02 Å². The zero-order valence-electron chi connectivity index (χ0n) is 13.3. The van der Waals surface area contributed by atoms with Gasteiger partial charge in [0.05, 0.1) is 5.02 Å². The quantitative estimate of drug-likeness (QED) is 0.761. The molecule has 1 aromatic carbocycles. The van der Waals surface area contributed by atoms with Crippen molar-refractivity contribution in [3.8, 4) is 5.75 Å². The lowest BCUT2D eigenvalue weighted by Crippen LogP contribution is -2.43. The van der Waals surface area contributed by atoms with Crippen LogP contribution in [0.15, 0.2) is 18.2 Å². The first-order valence-electron chi connectivity index (χ1n) is 7.25. The summed E-state index contributed by atoms with van der Waals surface area (Å²) in [5, 5.41) is 6.67. The number of benzene rings is 1. The van der Waals surface area contributed by atoms with Gasteiger partial charge in [0.1, 0.15) is 5.75 Å². The van der Waals surface area contributed by atoms with Crippen molar-refractivity contribution < 1.29 is 9.53 Å². The van der Waals surface area contributed by atoms with Gasteiger partial charge in [-0.25, -0.2) is 0 Å². The Kier molecular flexibility index (Phi) is 6.99. The predicted molar refractivity (Wildman–Crippen MR) is 86.8 cm³/mol. The number of amides is 1. The van der Waals surface area contributed by atoms with Gasteiger partial charge in [-0.15, -0.1) is 0 Å². The molecule has 5 heteroatoms. The van der Waals surface area contributed by atoms with Gasteiger partial charge >= 0.3 is 0 Å². The molecular weight excluding hydrogens is 288 g/mol. The van der Waals surface area contributed by atoms with Gasteiger partial charge in [-0.3, -0.25) is 4.79 Å². The molecule has 0 aliphatic heterocycles. The van der Waals surface area contributed by atoms with E-state index < -0.39 is 0 Å². The van der Waals surface area contributed by atoms with Crippen LogP contribution in [0.5, 0.6) is 5.75 Å². The highest BCUT2D eigenvalue weighted by Crippen LogP contribution is 2.25. The van der Waals surface area contributed by atoms with E-state index in [2.05, 4.69) is 17.6 Å². The number of hydrogen-bond acceptors (Lipinski definition) is 3. The van der Waals surface area contributed by atoms with E-state index in [1.807, 2.05) is 32.9 Å². The summed E-state index contributed by atoms with van der Waals surface area (Å²) < 4.78 is 5.46. The van der Waals surface area contributed by atoms with E-state index in [0.717, 1.165) is 25.1 Å². The van der Waals surface area contributed by atoms with Gasteiger partial charge in [0, 0.05) is 12.1 Å². The van der Waals surface area contributed by atoms with Gasteiger partial charge in [0.25, 0.3) is 5.91 Å². The molecule has 2 N–H and O–H groups in total. The average molecular weight is 313 g/mol. The van der Waals surface area contributed by atoms with Gasteiger partial charge in [-0.05, 0) is 51.4 Å². The lowest BCUT2D eigenvalue weighted by atomic mass is 10.1. The average Bonchev–Trinajstić information content (AvgIpc) is 2.36. The van der Waals surface area contributed by atoms with Crippen LogP contribution in [0.25, 0.3) is 0 Å². The normalized spacial score (nSPS) is 11.3. The van der Waals surface area contributed by atoms with Crippen molar-refractivity contribution in [3.63, 3.8) is 0 Å². The molecule has 0 heterocycles. The summed E-state index contributed by atoms with van der Waals surface area (Å²) in [5.41, 5.74) is 0.832. The van der Waals surface area contributed by atoms with E-state index in [-0.39, 0.29) is 18.1 Å². The minimum Gasteiger partial charge on any atom is -0.482 e. The summed E-state index contributed by atoms with van der Waals surface area (Å²) in [6.45, 7) is 9.62. The van der Waals surface area contributed by atoms with Crippen molar-refractivity contribution in [3.05, 3.63) is 28.8 Å². The van der Waals surface area contributed by atoms with Gasteiger partial charge in [-0.2, -0.15) is 0 Å². The largest absolute Gasteiger partial charge is 0.482 e. The molecule has 0 aliphatic carbocycles. The van der Waals surface area contributed by atoms with Crippen LogP contribution in [0, 0.1) is 0 Å². The summed E-state index contributed by atoms with van der Waals surface area (Å²) in [6.07, 6.45) is 1.10. The molecule has 1 aromatic rings. The first-order chi connectivity index (χ1) is 9.81. The molecule has 0 aromatic heterocycles. The van der Waals surface area contributed by atoms with E-state index in [1.165, 1.54) is 0 Å². The maximum atomic E-state index is 11.7. The molecule has 0 fully saturated rings. The highest BCUT2D eigenvalue weighted by Gasteiger charge is 2.14. The highest BCUT2D eigenvalue weighted by atomic mass is 35.5. The number of rotatable bonds is 7. The molecule has 0 radical (unpaired) electrons. The van der Waals surface area contributed by atoms with Crippen molar-refractivity contribution in [1.82, 2.24) is 10.6 Å². The fraction of sp³-hybridized carbons (Fsp3) is 0.562. The third-order valence-corrected chi connectivity index (χ3v) is 2.92. The summed E-state index contributed by atoms with van der Waals surface area (Å²) in [5.74, 6) is 0.368. The topological polar surface area (TPSA) is 50.4 Å². The van der Waals surface area contributed by atoms with Crippen LogP contribution >= 0.6 is 11.6 Å². The highest BCUT2D eigenvalue weighted by molar-refractivity contribution is 6.32. The van der Waals surface area contributed by atoms with Crippen LogP contribution < -0.4 is 15.4 Å². The van der Waals surface area contributed by atoms with Gasteiger partial charge in [0.15, 0.2) is 6.61 Å². The van der Waals surface area contributed by atoms with Crippen molar-refractivity contribution >= 4 is 17.5 Å². The molecule has 0 spiro atoms. The van der Waals surface area contributed by atoms with Crippen molar-refractivity contribution in [2.75, 3.05) is 13.2 Å². The maximum absolute atomic E-state index is 11.7. The van der Waals surface area contributed by atoms with Gasteiger partial charge in [-0.1, -0.05) is 24.6 Å². The monoisotopic (exact) mass is 312 g/mol. The van der Waals surface area contributed by atoms with Crippen molar-refractivity contribution in [1.29, 1.82) is 0 Å². The van der Waals surface area contributed by atoms with Crippen LogP contribution in [0.1, 0.15) is 39.7 Å². The Morgan fingerprint density at radius 2 is 2.05 bits per heavy atom. The van der Waals surface area contributed by atoms with E-state index >= 15 is 0 Å². The molecule has 0 aliphatic rings. The number of hydrogen-bond donors (Lipinski definition) is 2. The van der Waals surface area contributed by atoms with Crippen LogP contribution in [-0.4, -0.2) is 24.6 Å². The zero-order chi connectivity index (χ0) is 15.9. The summed E-state index contributed by atoms with van der Waals surface area (Å²) >= 11 is 6.17. The summed E-state index contributed by atoms with van der Waals surface area (Å²) in [6, 6.07) is 5.61. The predicted octanol–water partition coefficient (Wildman–Crippen LogP) is 3.13. The SMILES string of the molecule is CCCNCc1ccc(OCC(=O)NC(C)(C)C)c(Cl)c1. The maximum Gasteiger partial charge on any atom is 0.258 e. The molecule has 0 bridgehead atoms. The zero-order valence-corrected chi connectivity index (χ0v) is 14.0. The number of carbonyl (C=O) groups excluding carboxylic acids is 1. The Balaban J connectivity index is 2.51. The first kappa shape index (κ1) is 17.8. The molecule has 4 nitrogen and oxygen atoms in total. The molecule has 1 amide bonds. The smallest absolute Gasteiger partial charge is 0.258 e. The van der Waals surface area contributed by atoms with Crippen LogP contribution in [0.4, 0.5) is 0 Å². The van der Waals surface area contributed by atoms with Crippen LogP contribution in [0.3, 0.4) is 0 Å². The summed E-state index contributed by atoms with van der Waals surface area (Å²) in [7, 11) is 0. The van der Waals surface area contributed by atoms with Crippen molar-refractivity contribution in [2.45, 2.75) is 46.2 Å². The Bertz CT molecular complexity index is 470. The Labute approximate surface area is 132 Å². The van der Waals surface area contributed by atoms with Gasteiger partial charge < -0.3 is 15.4 Å². The molecule has 0 saturated heterocycles. The van der Waals surface area contributed by atoms with Crippen molar-refractivity contribution in [2.24, 2.45) is 0 Å². The Morgan fingerprint density at radius 1 is 1.33 bits per heavy atom. The first-order valence-corrected chi connectivity index (χ1v) is 7.62. The Hall–Kier alpha value is -1.26. The number of nitrogens with one attached hydrogen (secondary N) is 2. The standard InChI is InChI=1S/C16H25ClN2O2/c1-5-8-18-10-12-6-7-14(13(17)9-12)21-11-15(20)19-16(2,3)4/h6-7,9,18H,5,8,10-11H2,1-4H3,(H,19,20). The fourth-order valence-corrected chi connectivity index (χ4v) is 2.04. The minimum atomic E-state index is -0.265. The molecule has 21 heavy (non-hydrogen) atoms. The van der Waals surface area contributed by atoms with E-state index in [4.69, 9.17) is 16.3 Å². The number of carbonyl (C=O) groups is 1. The third-order valence-electron chi connectivity index (χ3n) is 2.63. The molecule has 0 saturated carbocycles. The molecular formula is C16H25ClN2O2. The molecule has 118 valence electrons. The Morgan fingerprint density at radius 3 is 2.62 bits per heavy atom. The van der Waals surface area contributed by atoms with Gasteiger partial charge in [0.2, 0.25) is 0 Å². The van der Waals surface area contributed by atoms with E-state index in [0.29, 0.717) is 10.8 Å². The third kappa shape index (κ3) is 7.34. The second-order valence-corrected chi connectivity index (χ2v) is 6.44. The molecule has 1 rings (SSSR count). The van der Waals surface area contributed by atoms with E-state index in [9.17, 15) is 4.79 Å². The van der Waals surface area contributed by atoms with Crippen LogP contribution in [-0.2, 0) is 11.3 Å². The minimum absolute atomic E-state index is 0.0373. The fourth-order valence-electron chi connectivity index (χ4n) is 1.78. The number of ether oxygens (including phenoxy) is 1. The second kappa shape index (κ2) is 8.25. The van der Waals surface area contributed by atoms with E-state index in [1.54, 1.807) is 6.07 Å². The second-order valence-electron chi connectivity index (χ2n) is 6.03. The molecule has 0 atom stereocenters.